The van der Waals surface area contributed by atoms with Gasteiger partial charge in [0.05, 0.1) is 88.4 Å². The van der Waals surface area contributed by atoms with Crippen LogP contribution >= 0.6 is 0 Å². The SMILES string of the molecule is CO[C@H]([C@@H](C)C(=O)C[C@@H](Cc1ccccc1)C(=O)O)[C@@H]1CCCN1C(=O)C[C@@H](OC)[C@H](C1CCCCC1)N(C)C(=O)[C@@H](CC(=O)C(C)(C)NC(=O)CCOCCOCCOCCN1C(=O)C=CC1=O)C(C)C. The van der Waals surface area contributed by atoms with Crippen LogP contribution in [-0.2, 0) is 68.5 Å². The second-order valence-electron chi connectivity index (χ2n) is 20.4. The number of nitrogens with one attached hydrogen (secondary N) is 1. The highest BCUT2D eigenvalue weighted by molar-refractivity contribution is 6.12. The largest absolute Gasteiger partial charge is 0.481 e. The average molecular weight is 1010 g/mol. The Balaban J connectivity index is 1.32. The van der Waals surface area contributed by atoms with Crippen molar-refractivity contribution >= 4 is 47.1 Å². The zero-order valence-electron chi connectivity index (χ0n) is 44.0. The molecular weight excluding hydrogens is 929 g/mol. The molecule has 1 aromatic carbocycles. The number of ether oxygens (including phenoxy) is 5. The Kier molecular flexibility index (Phi) is 24.6. The molecule has 2 N–H and O–H groups in total. The van der Waals surface area contributed by atoms with E-state index in [1.165, 1.54) is 19.3 Å². The van der Waals surface area contributed by atoms with Gasteiger partial charge in [-0.15, -0.1) is 0 Å². The molecule has 1 aromatic rings. The van der Waals surface area contributed by atoms with Crippen LogP contribution in [-0.4, -0.2) is 171 Å². The van der Waals surface area contributed by atoms with Crippen molar-refractivity contribution in [2.24, 2.45) is 29.6 Å². The van der Waals surface area contributed by atoms with Gasteiger partial charge in [0.1, 0.15) is 5.78 Å². The normalized spacial score (nSPS) is 19.0. The van der Waals surface area contributed by atoms with Crippen LogP contribution in [0, 0.1) is 29.6 Å². The minimum absolute atomic E-state index is 0.00193. The molecule has 1 saturated heterocycles. The second kappa shape index (κ2) is 29.7. The smallest absolute Gasteiger partial charge is 0.307 e. The van der Waals surface area contributed by atoms with Crippen LogP contribution in [0.15, 0.2) is 42.5 Å². The van der Waals surface area contributed by atoms with Crippen molar-refractivity contribution in [2.75, 3.05) is 74.0 Å². The third-order valence-electron chi connectivity index (χ3n) is 14.6. The van der Waals surface area contributed by atoms with Gasteiger partial charge in [-0.3, -0.25) is 43.3 Å². The highest BCUT2D eigenvalue weighted by Crippen LogP contribution is 2.35. The minimum Gasteiger partial charge on any atom is -0.481 e. The maximum Gasteiger partial charge on any atom is 0.307 e. The Morgan fingerprint density at radius 3 is 1.99 bits per heavy atom. The lowest BCUT2D eigenvalue weighted by Gasteiger charge is -2.43. The molecule has 2 heterocycles. The van der Waals surface area contributed by atoms with Crippen LogP contribution in [0.25, 0.3) is 0 Å². The number of methoxy groups -OCH3 is 2. The first-order chi connectivity index (χ1) is 34.3. The number of carbonyl (C=O) groups excluding carboxylic acids is 7. The number of aliphatic carboxylic acids is 1. The number of hydrogen-bond donors (Lipinski definition) is 2. The molecular formula is C54H82N4O14. The Bertz CT molecular complexity index is 1970. The van der Waals surface area contributed by atoms with Crippen LogP contribution in [0.4, 0.5) is 0 Å². The third-order valence-corrected chi connectivity index (χ3v) is 14.6. The summed E-state index contributed by atoms with van der Waals surface area (Å²) in [7, 11) is 4.81. The molecule has 2 aliphatic heterocycles. The molecule has 5 amide bonds. The first kappa shape index (κ1) is 59.7. The first-order valence-electron chi connectivity index (χ1n) is 25.8. The monoisotopic (exact) mass is 1010 g/mol. The summed E-state index contributed by atoms with van der Waals surface area (Å²) in [6.07, 6.45) is 7.03. The van der Waals surface area contributed by atoms with Crippen molar-refractivity contribution in [1.82, 2.24) is 20.0 Å². The van der Waals surface area contributed by atoms with Gasteiger partial charge < -0.3 is 43.9 Å². The lowest BCUT2D eigenvalue weighted by atomic mass is 9.79. The Hall–Kier alpha value is -4.88. The van der Waals surface area contributed by atoms with Gasteiger partial charge in [0, 0.05) is 71.1 Å². The first-order valence-corrected chi connectivity index (χ1v) is 25.8. The fraction of sp³-hybridized carbons (Fsp3) is 0.704. The van der Waals surface area contributed by atoms with Gasteiger partial charge in [0.2, 0.25) is 17.7 Å². The summed E-state index contributed by atoms with van der Waals surface area (Å²) in [4.78, 5) is 110. The molecule has 0 radical (unpaired) electrons. The molecule has 402 valence electrons. The Morgan fingerprint density at radius 2 is 1.40 bits per heavy atom. The average Bonchev–Trinajstić information content (AvgIpc) is 3.97. The number of amides is 5. The molecule has 72 heavy (non-hydrogen) atoms. The maximum absolute atomic E-state index is 14.7. The van der Waals surface area contributed by atoms with E-state index in [0.29, 0.717) is 19.4 Å². The van der Waals surface area contributed by atoms with E-state index in [9.17, 15) is 43.5 Å². The van der Waals surface area contributed by atoms with Gasteiger partial charge in [0.15, 0.2) is 5.78 Å². The number of likely N-dealkylation sites (tertiary alicyclic amines) is 1. The highest BCUT2D eigenvalue weighted by Gasteiger charge is 2.45. The lowest BCUT2D eigenvalue weighted by Crippen LogP contribution is -2.55. The summed E-state index contributed by atoms with van der Waals surface area (Å²) in [6, 6.07) is 8.31. The van der Waals surface area contributed by atoms with E-state index < -0.39 is 53.6 Å². The standard InChI is InChI=1S/C54H82N4O14/c1-36(2)41(34-45(60)54(4,5)55-46(61)23-26-70-28-30-72-31-29-71-27-25-58-47(62)21-22-48(58)63)52(65)56(6)50(39-18-13-10-14-19-39)44(68-7)35-49(64)57-24-15-20-42(57)51(69-8)37(3)43(59)33-40(53(66)67)32-38-16-11-9-12-17-38/h9,11-12,16-17,21-22,36-37,39-42,44,50-51H,10,13-15,18-20,23-35H2,1-8H3,(H,55,61)(H,66,67)/t37-,40+,41-,42-,44+,50-,51+/m0/s1. The Labute approximate surface area is 426 Å². The quantitative estimate of drug-likeness (QED) is 0.0711. The van der Waals surface area contributed by atoms with Crippen LogP contribution in [0.3, 0.4) is 0 Å². The van der Waals surface area contributed by atoms with Crippen molar-refractivity contribution in [2.45, 2.75) is 141 Å². The fourth-order valence-corrected chi connectivity index (χ4v) is 10.3. The van der Waals surface area contributed by atoms with Gasteiger partial charge in [0.25, 0.3) is 11.8 Å². The van der Waals surface area contributed by atoms with Gasteiger partial charge in [-0.1, -0.05) is 70.4 Å². The summed E-state index contributed by atoms with van der Waals surface area (Å²) in [5.41, 5.74) is -0.451. The van der Waals surface area contributed by atoms with E-state index in [2.05, 4.69) is 5.32 Å². The van der Waals surface area contributed by atoms with E-state index in [1.807, 2.05) is 44.2 Å². The number of nitrogens with zero attached hydrogens (tertiary/aromatic N) is 3. The number of imide groups is 1. The number of likely N-dealkylation sites (N-methyl/N-ethyl adjacent to an activating group) is 1. The van der Waals surface area contributed by atoms with Crippen molar-refractivity contribution in [3.8, 4) is 0 Å². The molecule has 0 aromatic heterocycles. The van der Waals surface area contributed by atoms with Crippen LogP contribution in [0.2, 0.25) is 0 Å². The molecule has 3 aliphatic rings. The zero-order chi connectivity index (χ0) is 53.0. The molecule has 2 fully saturated rings. The zero-order valence-corrected chi connectivity index (χ0v) is 44.0. The lowest BCUT2D eigenvalue weighted by molar-refractivity contribution is -0.150. The van der Waals surface area contributed by atoms with E-state index in [0.717, 1.165) is 42.6 Å². The summed E-state index contributed by atoms with van der Waals surface area (Å²) in [5, 5.41) is 12.9. The van der Waals surface area contributed by atoms with E-state index in [1.54, 1.807) is 44.7 Å². The molecule has 0 spiro atoms. The molecule has 1 aliphatic carbocycles. The number of benzene rings is 1. The molecule has 0 unspecified atom stereocenters. The van der Waals surface area contributed by atoms with E-state index in [4.69, 9.17) is 23.7 Å². The third kappa shape index (κ3) is 17.7. The molecule has 0 bridgehead atoms. The number of carboxylic acids is 1. The number of carboxylic acid groups (broad SMARTS) is 1. The van der Waals surface area contributed by atoms with Crippen molar-refractivity contribution < 1.29 is 67.1 Å². The summed E-state index contributed by atoms with van der Waals surface area (Å²) < 4.78 is 28.6. The van der Waals surface area contributed by atoms with Crippen molar-refractivity contribution in [1.29, 1.82) is 0 Å². The predicted molar refractivity (Wildman–Crippen MR) is 267 cm³/mol. The summed E-state index contributed by atoms with van der Waals surface area (Å²) in [6.45, 7) is 10.7. The van der Waals surface area contributed by atoms with Gasteiger partial charge >= 0.3 is 5.97 Å². The van der Waals surface area contributed by atoms with Gasteiger partial charge in [-0.25, -0.2) is 0 Å². The van der Waals surface area contributed by atoms with Crippen LogP contribution in [0.5, 0.6) is 0 Å². The van der Waals surface area contributed by atoms with Gasteiger partial charge in [-0.2, -0.15) is 0 Å². The molecule has 7 atom stereocenters. The number of carbonyl (C=O) groups is 8. The topological polar surface area (TPSA) is 225 Å². The highest BCUT2D eigenvalue weighted by atomic mass is 16.5. The van der Waals surface area contributed by atoms with E-state index >= 15 is 0 Å². The maximum atomic E-state index is 14.7. The molecule has 4 rings (SSSR count). The number of rotatable bonds is 33. The predicted octanol–water partition coefficient (Wildman–Crippen LogP) is 4.83. The van der Waals surface area contributed by atoms with E-state index in [-0.39, 0.29) is 131 Å². The fourth-order valence-electron chi connectivity index (χ4n) is 10.3. The second-order valence-corrected chi connectivity index (χ2v) is 20.4. The summed E-state index contributed by atoms with van der Waals surface area (Å²) >= 11 is 0. The molecule has 1 saturated carbocycles. The van der Waals surface area contributed by atoms with Crippen molar-refractivity contribution in [3.63, 3.8) is 0 Å². The number of ketones is 2. The number of Topliss-reactive ketones (excluding diaryl/α,β-unsaturated/α-hetero) is 2. The molecule has 18 nitrogen and oxygen atoms in total. The summed E-state index contributed by atoms with van der Waals surface area (Å²) in [5.74, 6) is -5.61. The molecule has 18 heteroatoms. The minimum atomic E-state index is -1.28. The van der Waals surface area contributed by atoms with Gasteiger partial charge in [-0.05, 0) is 63.4 Å². The number of hydrogen-bond acceptors (Lipinski definition) is 13. The van der Waals surface area contributed by atoms with Crippen LogP contribution < -0.4 is 5.32 Å². The van der Waals surface area contributed by atoms with Crippen molar-refractivity contribution in [3.05, 3.63) is 48.0 Å². The van der Waals surface area contributed by atoms with Crippen LogP contribution in [0.1, 0.15) is 111 Å². The Morgan fingerprint density at radius 1 is 0.792 bits per heavy atom.